The van der Waals surface area contributed by atoms with Crippen LogP contribution in [0.15, 0.2) is 35.7 Å². The summed E-state index contributed by atoms with van der Waals surface area (Å²) in [6.45, 7) is 3.58. The zero-order chi connectivity index (χ0) is 20.7. The van der Waals surface area contributed by atoms with E-state index in [0.29, 0.717) is 5.02 Å². The third-order valence-electron chi connectivity index (χ3n) is 3.86. The predicted octanol–water partition coefficient (Wildman–Crippen LogP) is 3.41. The standard InChI is InChI=1S/C19H21Cl2N3O3S/c1-11(2)18(15-4-3-7-28-15)24-17(26)10-22-16(25)9-23-19(27)13-6-5-12(20)8-14(13)21/h3-8,11,18H,9-10H2,1-2H3,(H,22,25)(H,23,27)(H,24,26). The molecule has 1 heterocycles. The van der Waals surface area contributed by atoms with Gasteiger partial charge in [-0.05, 0) is 35.6 Å². The Bertz CT molecular complexity index is 841. The van der Waals surface area contributed by atoms with Gasteiger partial charge in [0.15, 0.2) is 0 Å². The number of carbonyl (C=O) groups excluding carboxylic acids is 3. The molecule has 3 amide bonds. The molecule has 0 radical (unpaired) electrons. The van der Waals surface area contributed by atoms with Gasteiger partial charge in [-0.15, -0.1) is 11.3 Å². The maximum atomic E-state index is 12.2. The van der Waals surface area contributed by atoms with Crippen molar-refractivity contribution in [1.29, 1.82) is 0 Å². The van der Waals surface area contributed by atoms with E-state index < -0.39 is 11.8 Å². The molecule has 28 heavy (non-hydrogen) atoms. The Hall–Kier alpha value is -2.09. The summed E-state index contributed by atoms with van der Waals surface area (Å²) >= 11 is 13.3. The highest BCUT2D eigenvalue weighted by Gasteiger charge is 2.19. The Labute approximate surface area is 177 Å². The molecule has 2 rings (SSSR count). The first kappa shape index (κ1) is 22.2. The van der Waals surface area contributed by atoms with E-state index in [-0.39, 0.29) is 41.5 Å². The number of nitrogens with one attached hydrogen (secondary N) is 3. The quantitative estimate of drug-likeness (QED) is 0.586. The van der Waals surface area contributed by atoms with E-state index in [9.17, 15) is 14.4 Å². The lowest BCUT2D eigenvalue weighted by Crippen LogP contribution is -2.43. The van der Waals surface area contributed by atoms with Crippen LogP contribution in [0.3, 0.4) is 0 Å². The highest BCUT2D eigenvalue weighted by atomic mass is 35.5. The van der Waals surface area contributed by atoms with Crippen LogP contribution in [-0.2, 0) is 9.59 Å². The van der Waals surface area contributed by atoms with E-state index in [1.165, 1.54) is 18.2 Å². The number of hydrogen-bond acceptors (Lipinski definition) is 4. The molecular weight excluding hydrogens is 421 g/mol. The highest BCUT2D eigenvalue weighted by Crippen LogP contribution is 2.25. The second-order valence-electron chi connectivity index (χ2n) is 6.39. The van der Waals surface area contributed by atoms with Crippen LogP contribution < -0.4 is 16.0 Å². The van der Waals surface area contributed by atoms with Gasteiger partial charge in [0.1, 0.15) is 0 Å². The summed E-state index contributed by atoms with van der Waals surface area (Å²) in [5, 5.41) is 10.4. The average Bonchev–Trinajstić information content (AvgIpc) is 3.16. The van der Waals surface area contributed by atoms with Gasteiger partial charge in [0.05, 0.1) is 29.7 Å². The number of benzene rings is 1. The molecule has 1 aromatic heterocycles. The van der Waals surface area contributed by atoms with Crippen LogP contribution in [0.1, 0.15) is 35.1 Å². The Morgan fingerprint density at radius 1 is 1.04 bits per heavy atom. The van der Waals surface area contributed by atoms with Crippen LogP contribution in [0.4, 0.5) is 0 Å². The molecule has 0 bridgehead atoms. The molecule has 0 aliphatic rings. The van der Waals surface area contributed by atoms with E-state index in [1.807, 2.05) is 31.4 Å². The number of amides is 3. The molecule has 0 aliphatic heterocycles. The minimum Gasteiger partial charge on any atom is -0.347 e. The first-order valence-corrected chi connectivity index (χ1v) is 10.2. The summed E-state index contributed by atoms with van der Waals surface area (Å²) in [7, 11) is 0. The van der Waals surface area contributed by atoms with E-state index in [1.54, 1.807) is 11.3 Å². The molecule has 0 saturated carbocycles. The molecule has 0 saturated heterocycles. The Morgan fingerprint density at radius 3 is 2.36 bits per heavy atom. The molecule has 0 spiro atoms. The molecule has 6 nitrogen and oxygen atoms in total. The highest BCUT2D eigenvalue weighted by molar-refractivity contribution is 7.10. The molecule has 1 aromatic carbocycles. The first-order chi connectivity index (χ1) is 13.3. The van der Waals surface area contributed by atoms with Gasteiger partial charge in [0, 0.05) is 9.90 Å². The molecule has 0 aliphatic carbocycles. The molecule has 1 atom stereocenters. The van der Waals surface area contributed by atoms with E-state index >= 15 is 0 Å². The molecule has 2 aromatic rings. The summed E-state index contributed by atoms with van der Waals surface area (Å²) in [4.78, 5) is 37.2. The molecular formula is C19H21Cl2N3O3S. The van der Waals surface area contributed by atoms with Gasteiger partial charge in [0.2, 0.25) is 11.8 Å². The van der Waals surface area contributed by atoms with Crippen LogP contribution in [0.25, 0.3) is 0 Å². The van der Waals surface area contributed by atoms with Crippen molar-refractivity contribution in [2.75, 3.05) is 13.1 Å². The van der Waals surface area contributed by atoms with Crippen LogP contribution in [-0.4, -0.2) is 30.8 Å². The summed E-state index contributed by atoms with van der Waals surface area (Å²) in [6, 6.07) is 8.23. The molecule has 1 unspecified atom stereocenters. The van der Waals surface area contributed by atoms with Crippen LogP contribution in [0, 0.1) is 5.92 Å². The van der Waals surface area contributed by atoms with Gasteiger partial charge >= 0.3 is 0 Å². The normalized spacial score (nSPS) is 11.8. The number of rotatable bonds is 8. The van der Waals surface area contributed by atoms with Crippen molar-refractivity contribution in [3.05, 3.63) is 56.2 Å². The lowest BCUT2D eigenvalue weighted by atomic mass is 10.0. The minimum atomic E-state index is -0.501. The molecule has 0 fully saturated rings. The third kappa shape index (κ3) is 6.51. The Morgan fingerprint density at radius 2 is 1.75 bits per heavy atom. The predicted molar refractivity (Wildman–Crippen MR) is 112 cm³/mol. The molecule has 3 N–H and O–H groups in total. The monoisotopic (exact) mass is 441 g/mol. The van der Waals surface area contributed by atoms with Crippen molar-refractivity contribution in [1.82, 2.24) is 16.0 Å². The van der Waals surface area contributed by atoms with Crippen LogP contribution >= 0.6 is 34.5 Å². The maximum absolute atomic E-state index is 12.2. The number of halogens is 2. The summed E-state index contributed by atoms with van der Waals surface area (Å²) < 4.78 is 0. The van der Waals surface area contributed by atoms with E-state index in [4.69, 9.17) is 23.2 Å². The van der Waals surface area contributed by atoms with Crippen molar-refractivity contribution in [2.24, 2.45) is 5.92 Å². The van der Waals surface area contributed by atoms with Gasteiger partial charge in [-0.25, -0.2) is 0 Å². The zero-order valence-electron chi connectivity index (χ0n) is 15.4. The van der Waals surface area contributed by atoms with E-state index in [0.717, 1.165) is 4.88 Å². The largest absolute Gasteiger partial charge is 0.347 e. The van der Waals surface area contributed by atoms with Crippen molar-refractivity contribution in [3.8, 4) is 0 Å². The average molecular weight is 442 g/mol. The van der Waals surface area contributed by atoms with Gasteiger partial charge in [-0.3, -0.25) is 14.4 Å². The van der Waals surface area contributed by atoms with Crippen LogP contribution in [0.2, 0.25) is 10.0 Å². The van der Waals surface area contributed by atoms with Crippen molar-refractivity contribution in [3.63, 3.8) is 0 Å². The second-order valence-corrected chi connectivity index (χ2v) is 8.21. The smallest absolute Gasteiger partial charge is 0.253 e. The van der Waals surface area contributed by atoms with Gasteiger partial charge in [-0.2, -0.15) is 0 Å². The Balaban J connectivity index is 1.78. The first-order valence-electron chi connectivity index (χ1n) is 8.60. The number of thiophene rings is 1. The zero-order valence-corrected chi connectivity index (χ0v) is 17.8. The van der Waals surface area contributed by atoms with Crippen molar-refractivity contribution in [2.45, 2.75) is 19.9 Å². The fraction of sp³-hybridized carbons (Fsp3) is 0.316. The maximum Gasteiger partial charge on any atom is 0.253 e. The second kappa shape index (κ2) is 10.5. The SMILES string of the molecule is CC(C)C(NC(=O)CNC(=O)CNC(=O)c1ccc(Cl)cc1Cl)c1cccs1. The Kier molecular flexibility index (Phi) is 8.29. The van der Waals surface area contributed by atoms with Crippen molar-refractivity contribution >= 4 is 52.3 Å². The van der Waals surface area contributed by atoms with Gasteiger partial charge in [0.25, 0.3) is 5.91 Å². The number of hydrogen-bond donors (Lipinski definition) is 3. The fourth-order valence-electron chi connectivity index (χ4n) is 2.43. The summed E-state index contributed by atoms with van der Waals surface area (Å²) in [5.41, 5.74) is 0.215. The van der Waals surface area contributed by atoms with Crippen LogP contribution in [0.5, 0.6) is 0 Å². The van der Waals surface area contributed by atoms with E-state index in [2.05, 4.69) is 16.0 Å². The fourth-order valence-corrected chi connectivity index (χ4v) is 3.87. The summed E-state index contributed by atoms with van der Waals surface area (Å²) in [5.74, 6) is -1.07. The number of carbonyl (C=O) groups is 3. The van der Waals surface area contributed by atoms with Gasteiger partial charge in [-0.1, -0.05) is 43.1 Å². The topological polar surface area (TPSA) is 87.3 Å². The summed E-state index contributed by atoms with van der Waals surface area (Å²) in [6.07, 6.45) is 0. The van der Waals surface area contributed by atoms with Crippen molar-refractivity contribution < 1.29 is 14.4 Å². The lowest BCUT2D eigenvalue weighted by molar-refractivity contribution is -0.126. The third-order valence-corrected chi connectivity index (χ3v) is 5.37. The molecule has 150 valence electrons. The lowest BCUT2D eigenvalue weighted by Gasteiger charge is -2.21. The minimum absolute atomic E-state index is 0.115. The molecule has 9 heteroatoms. The van der Waals surface area contributed by atoms with Gasteiger partial charge < -0.3 is 16.0 Å².